The van der Waals surface area contributed by atoms with Crippen LogP contribution in [0.3, 0.4) is 0 Å². The molecule has 0 aliphatic heterocycles. The van der Waals surface area contributed by atoms with Gasteiger partial charge in [-0.25, -0.2) is 4.79 Å². The van der Waals surface area contributed by atoms with Gasteiger partial charge in [0, 0.05) is 6.07 Å². The van der Waals surface area contributed by atoms with Crippen molar-refractivity contribution in [1.82, 2.24) is 0 Å². The van der Waals surface area contributed by atoms with Crippen molar-refractivity contribution in [1.29, 1.82) is 5.26 Å². The van der Waals surface area contributed by atoms with E-state index in [0.29, 0.717) is 0 Å². The molecule has 8 heteroatoms. The van der Waals surface area contributed by atoms with Crippen LogP contribution in [0, 0.1) is 21.4 Å². The van der Waals surface area contributed by atoms with Gasteiger partial charge in [-0.2, -0.15) is 5.26 Å². The Hall–Kier alpha value is -2.50. The number of aliphatic hydroxyl groups is 2. The zero-order chi connectivity index (χ0) is 16.0. The molecule has 0 saturated heterocycles. The number of benzene rings is 1. The Morgan fingerprint density at radius 3 is 2.71 bits per heavy atom. The third-order valence-electron chi connectivity index (χ3n) is 2.72. The highest BCUT2D eigenvalue weighted by molar-refractivity contribution is 5.90. The molecular weight excluding hydrogens is 280 g/mol. The largest absolute Gasteiger partial charge is 0.462 e. The molecule has 0 aromatic heterocycles. The molecule has 1 aromatic carbocycles. The van der Waals surface area contributed by atoms with E-state index in [-0.39, 0.29) is 24.2 Å². The Morgan fingerprint density at radius 1 is 1.52 bits per heavy atom. The van der Waals surface area contributed by atoms with Crippen LogP contribution < -0.4 is 0 Å². The maximum atomic E-state index is 11.5. The highest BCUT2D eigenvalue weighted by atomic mass is 16.6. The van der Waals surface area contributed by atoms with Crippen LogP contribution in [-0.2, 0) is 4.74 Å². The summed E-state index contributed by atoms with van der Waals surface area (Å²) in [5.74, 6) is -0.723. The summed E-state index contributed by atoms with van der Waals surface area (Å²) >= 11 is 0. The van der Waals surface area contributed by atoms with Crippen LogP contribution in [0.15, 0.2) is 18.2 Å². The first-order valence-corrected chi connectivity index (χ1v) is 6.10. The molecule has 21 heavy (non-hydrogen) atoms. The normalized spacial score (nSPS) is 13.0. The molecule has 1 rings (SSSR count). The van der Waals surface area contributed by atoms with Crippen molar-refractivity contribution in [2.24, 2.45) is 0 Å². The molecule has 2 atom stereocenters. The van der Waals surface area contributed by atoms with E-state index < -0.39 is 28.8 Å². The molecule has 0 aliphatic carbocycles. The van der Waals surface area contributed by atoms with Gasteiger partial charge in [-0.1, -0.05) is 0 Å². The summed E-state index contributed by atoms with van der Waals surface area (Å²) in [7, 11) is 0. The van der Waals surface area contributed by atoms with Crippen LogP contribution >= 0.6 is 0 Å². The summed E-state index contributed by atoms with van der Waals surface area (Å²) in [5.41, 5.74) is -0.727. The molecule has 0 saturated carbocycles. The predicted molar refractivity (Wildman–Crippen MR) is 70.2 cm³/mol. The Kier molecular flexibility index (Phi) is 5.78. The number of esters is 1. The number of rotatable bonds is 6. The lowest BCUT2D eigenvalue weighted by Crippen LogP contribution is -2.19. The topological polar surface area (TPSA) is 134 Å². The smallest absolute Gasteiger partial charge is 0.338 e. The second-order valence-electron chi connectivity index (χ2n) is 4.13. The Balaban J connectivity index is 3.20. The first kappa shape index (κ1) is 16.6. The van der Waals surface area contributed by atoms with Gasteiger partial charge in [0.05, 0.1) is 41.3 Å². The lowest BCUT2D eigenvalue weighted by atomic mass is 9.99. The van der Waals surface area contributed by atoms with E-state index in [1.54, 1.807) is 13.0 Å². The van der Waals surface area contributed by atoms with Gasteiger partial charge in [0.1, 0.15) is 6.10 Å². The van der Waals surface area contributed by atoms with Crippen LogP contribution in [0.25, 0.3) is 0 Å². The van der Waals surface area contributed by atoms with Crippen LogP contribution in [0.5, 0.6) is 0 Å². The lowest BCUT2D eigenvalue weighted by molar-refractivity contribution is -0.386. The summed E-state index contributed by atoms with van der Waals surface area (Å²) in [6.45, 7) is 1.72. The maximum Gasteiger partial charge on any atom is 0.338 e. The fourth-order valence-corrected chi connectivity index (χ4v) is 1.71. The van der Waals surface area contributed by atoms with Crippen LogP contribution in [0.1, 0.15) is 35.4 Å². The first-order valence-electron chi connectivity index (χ1n) is 6.10. The highest BCUT2D eigenvalue weighted by Crippen LogP contribution is 2.29. The third-order valence-corrected chi connectivity index (χ3v) is 2.72. The molecule has 0 fully saturated rings. The van der Waals surface area contributed by atoms with Crippen LogP contribution in [-0.4, -0.2) is 33.8 Å². The minimum absolute atomic E-state index is 0.0331. The molecule has 2 N–H and O–H groups in total. The minimum atomic E-state index is -1.60. The number of ether oxygens (including phenoxy) is 1. The van der Waals surface area contributed by atoms with Crippen molar-refractivity contribution in [3.05, 3.63) is 39.4 Å². The average molecular weight is 294 g/mol. The predicted octanol–water partition coefficient (Wildman–Crippen LogP) is 1.08. The molecule has 0 radical (unpaired) electrons. The van der Waals surface area contributed by atoms with Crippen molar-refractivity contribution in [2.45, 2.75) is 25.6 Å². The summed E-state index contributed by atoms with van der Waals surface area (Å²) in [4.78, 5) is 21.8. The number of nitriles is 1. The van der Waals surface area contributed by atoms with Crippen molar-refractivity contribution in [3.8, 4) is 6.07 Å². The second kappa shape index (κ2) is 7.33. The summed E-state index contributed by atoms with van der Waals surface area (Å²) in [6.07, 6.45) is -3.43. The molecule has 2 unspecified atom stereocenters. The molecule has 0 amide bonds. The number of carbonyl (C=O) groups is 1. The van der Waals surface area contributed by atoms with E-state index in [1.165, 1.54) is 6.07 Å². The Bertz CT molecular complexity index is 581. The first-order chi connectivity index (χ1) is 9.92. The lowest BCUT2D eigenvalue weighted by Gasteiger charge is -2.16. The molecular formula is C13H14N2O6. The molecule has 0 aliphatic rings. The summed E-state index contributed by atoms with van der Waals surface area (Å²) < 4.78 is 4.73. The van der Waals surface area contributed by atoms with Gasteiger partial charge >= 0.3 is 5.97 Å². The standard InChI is InChI=1S/C13H14N2O6/c1-2-21-13(18)8-3-4-9(10(7-8)15(19)20)12(17)11(16)5-6-14/h3-4,7,11-12,16-17H,2,5H2,1H3. The fraction of sp³-hybridized carbons (Fsp3) is 0.385. The number of carbonyl (C=O) groups excluding carboxylic acids is 1. The van der Waals surface area contributed by atoms with E-state index in [9.17, 15) is 25.1 Å². The molecule has 1 aromatic rings. The van der Waals surface area contributed by atoms with Gasteiger partial charge in [0.15, 0.2) is 0 Å². The van der Waals surface area contributed by atoms with E-state index in [4.69, 9.17) is 10.00 Å². The molecule has 112 valence electrons. The van der Waals surface area contributed by atoms with Crippen molar-refractivity contribution < 1.29 is 24.7 Å². The molecule has 0 spiro atoms. The molecule has 0 bridgehead atoms. The zero-order valence-corrected chi connectivity index (χ0v) is 11.2. The number of aliphatic hydroxyl groups excluding tert-OH is 2. The quantitative estimate of drug-likeness (QED) is 0.455. The Labute approximate surface area is 120 Å². The summed E-state index contributed by atoms with van der Waals surface area (Å²) in [5, 5.41) is 38.9. The second-order valence-corrected chi connectivity index (χ2v) is 4.13. The van der Waals surface area contributed by atoms with Crippen LogP contribution in [0.2, 0.25) is 0 Å². The monoisotopic (exact) mass is 294 g/mol. The number of hydrogen-bond donors (Lipinski definition) is 2. The van der Waals surface area contributed by atoms with Crippen LogP contribution in [0.4, 0.5) is 5.69 Å². The Morgan fingerprint density at radius 2 is 2.19 bits per heavy atom. The van der Waals surface area contributed by atoms with Crippen molar-refractivity contribution in [3.63, 3.8) is 0 Å². The number of nitrogens with zero attached hydrogens (tertiary/aromatic N) is 2. The van der Waals surface area contributed by atoms with E-state index in [2.05, 4.69) is 0 Å². The average Bonchev–Trinajstić information content (AvgIpc) is 2.46. The molecule has 0 heterocycles. The van der Waals surface area contributed by atoms with Gasteiger partial charge < -0.3 is 14.9 Å². The van der Waals surface area contributed by atoms with Crippen molar-refractivity contribution >= 4 is 11.7 Å². The van der Waals surface area contributed by atoms with Gasteiger partial charge in [-0.15, -0.1) is 0 Å². The van der Waals surface area contributed by atoms with E-state index in [0.717, 1.165) is 12.1 Å². The van der Waals surface area contributed by atoms with Gasteiger partial charge in [0.2, 0.25) is 0 Å². The number of nitro groups is 1. The highest BCUT2D eigenvalue weighted by Gasteiger charge is 2.27. The van der Waals surface area contributed by atoms with Gasteiger partial charge in [-0.3, -0.25) is 10.1 Å². The molecule has 8 nitrogen and oxygen atoms in total. The fourth-order valence-electron chi connectivity index (χ4n) is 1.71. The number of hydrogen-bond acceptors (Lipinski definition) is 7. The SMILES string of the molecule is CCOC(=O)c1ccc(C(O)C(O)CC#N)c([N+](=O)[O-])c1. The van der Waals surface area contributed by atoms with E-state index >= 15 is 0 Å². The van der Waals surface area contributed by atoms with Crippen molar-refractivity contribution in [2.75, 3.05) is 6.61 Å². The minimum Gasteiger partial charge on any atom is -0.462 e. The van der Waals surface area contributed by atoms with Gasteiger partial charge in [0.25, 0.3) is 5.69 Å². The summed E-state index contributed by atoms with van der Waals surface area (Å²) in [6, 6.07) is 5.04. The van der Waals surface area contributed by atoms with Gasteiger partial charge in [-0.05, 0) is 19.1 Å². The maximum absolute atomic E-state index is 11.5. The third kappa shape index (κ3) is 3.98. The van der Waals surface area contributed by atoms with E-state index in [1.807, 2.05) is 0 Å². The zero-order valence-electron chi connectivity index (χ0n) is 11.2. The number of nitro benzene ring substituents is 1.